The Morgan fingerprint density at radius 3 is 2.18 bits per heavy atom. The Hall–Kier alpha value is -2.15. The van der Waals surface area contributed by atoms with Gasteiger partial charge in [-0.25, -0.2) is 24.7 Å². The fraction of sp³-hybridized carbons (Fsp3) is 0.480. The number of thiophene rings is 2. The monoisotopic (exact) mass is 591 g/mol. The van der Waals surface area contributed by atoms with E-state index in [1.165, 1.54) is 33.5 Å². The quantitative estimate of drug-likeness (QED) is 0.290. The van der Waals surface area contributed by atoms with Gasteiger partial charge in [-0.1, -0.05) is 23.2 Å². The number of nitrogens with zero attached hydrogens (tertiary/aromatic N) is 6. The van der Waals surface area contributed by atoms with Gasteiger partial charge in [0.25, 0.3) is 0 Å². The van der Waals surface area contributed by atoms with Crippen molar-refractivity contribution >= 4 is 72.3 Å². The smallest absolute Gasteiger partial charge is 0.320 e. The molecule has 1 N–H and O–H groups in total. The third kappa shape index (κ3) is 4.96. The summed E-state index contributed by atoms with van der Waals surface area (Å²) >= 11 is 15.6. The summed E-state index contributed by atoms with van der Waals surface area (Å²) in [7, 11) is 0. The van der Waals surface area contributed by atoms with E-state index in [0.29, 0.717) is 36.5 Å². The summed E-state index contributed by atoms with van der Waals surface area (Å²) in [5.74, 6) is 0. The average molecular weight is 593 g/mol. The molecule has 0 radical (unpaired) electrons. The maximum Gasteiger partial charge on any atom is 0.320 e. The summed E-state index contributed by atoms with van der Waals surface area (Å²) in [6.07, 6.45) is 5.01. The Morgan fingerprint density at radius 1 is 0.921 bits per heavy atom. The van der Waals surface area contributed by atoms with Crippen molar-refractivity contribution in [3.63, 3.8) is 0 Å². The van der Waals surface area contributed by atoms with Crippen LogP contribution in [-0.4, -0.2) is 74.2 Å². The minimum Gasteiger partial charge on any atom is -0.372 e. The lowest BCUT2D eigenvalue weighted by Crippen LogP contribution is -2.53. The summed E-state index contributed by atoms with van der Waals surface area (Å²) in [6, 6.07) is 0.0947. The lowest BCUT2D eigenvalue weighted by molar-refractivity contribution is -0.0585. The largest absolute Gasteiger partial charge is 0.372 e. The molecule has 3 aliphatic heterocycles. The molecule has 0 bridgehead atoms. The molecule has 2 amide bonds. The Kier molecular flexibility index (Phi) is 7.41. The molecule has 0 spiro atoms. The molecule has 38 heavy (non-hydrogen) atoms. The SMILES string of the molecule is C[C@@H]1CN(C(=O)N2CCc3c(sc4ncnc(Cl)c34)C2)C[C@H](C)O1.Clc1ncnc2sc3c(c12)CCNC3. The Morgan fingerprint density at radius 2 is 1.53 bits per heavy atom. The van der Waals surface area contributed by atoms with Crippen LogP contribution in [0.5, 0.6) is 0 Å². The van der Waals surface area contributed by atoms with E-state index >= 15 is 0 Å². The number of rotatable bonds is 0. The lowest BCUT2D eigenvalue weighted by Gasteiger charge is -2.39. The number of hydrogen-bond acceptors (Lipinski definition) is 9. The van der Waals surface area contributed by atoms with Crippen LogP contribution in [0.3, 0.4) is 0 Å². The van der Waals surface area contributed by atoms with E-state index in [1.54, 1.807) is 22.7 Å². The Bertz CT molecular complexity index is 1500. The lowest BCUT2D eigenvalue weighted by atomic mass is 10.1. The molecule has 0 aliphatic carbocycles. The number of ether oxygens (including phenoxy) is 1. The number of urea groups is 1. The molecule has 9 nitrogen and oxygen atoms in total. The van der Waals surface area contributed by atoms with Gasteiger partial charge in [-0.2, -0.15) is 0 Å². The molecular formula is C25H27Cl2N7O2S2. The van der Waals surface area contributed by atoms with Crippen molar-refractivity contribution < 1.29 is 9.53 Å². The molecule has 0 unspecified atom stereocenters. The first-order valence-electron chi connectivity index (χ1n) is 12.6. The Balaban J connectivity index is 0.000000159. The topological polar surface area (TPSA) is 96.4 Å². The van der Waals surface area contributed by atoms with Gasteiger partial charge in [-0.3, -0.25) is 0 Å². The van der Waals surface area contributed by atoms with E-state index in [4.69, 9.17) is 27.9 Å². The second kappa shape index (κ2) is 10.8. The highest BCUT2D eigenvalue weighted by molar-refractivity contribution is 7.19. The van der Waals surface area contributed by atoms with Crippen molar-refractivity contribution in [2.24, 2.45) is 0 Å². The summed E-state index contributed by atoms with van der Waals surface area (Å²) < 4.78 is 5.72. The van der Waals surface area contributed by atoms with Gasteiger partial charge < -0.3 is 19.9 Å². The highest BCUT2D eigenvalue weighted by Crippen LogP contribution is 2.37. The van der Waals surface area contributed by atoms with Gasteiger partial charge in [0.2, 0.25) is 0 Å². The van der Waals surface area contributed by atoms with Crippen molar-refractivity contribution in [2.75, 3.05) is 26.2 Å². The van der Waals surface area contributed by atoms with Gasteiger partial charge in [0.15, 0.2) is 0 Å². The maximum atomic E-state index is 12.9. The van der Waals surface area contributed by atoms with E-state index in [9.17, 15) is 4.79 Å². The van der Waals surface area contributed by atoms with Gasteiger partial charge in [-0.05, 0) is 44.4 Å². The van der Waals surface area contributed by atoms with Crippen molar-refractivity contribution in [3.8, 4) is 0 Å². The number of carbonyl (C=O) groups excluding carboxylic acids is 1. The summed E-state index contributed by atoms with van der Waals surface area (Å²) in [6.45, 7) is 8.59. The number of amides is 2. The van der Waals surface area contributed by atoms with Crippen LogP contribution in [0.15, 0.2) is 12.7 Å². The van der Waals surface area contributed by atoms with Crippen molar-refractivity contribution in [1.82, 2.24) is 35.1 Å². The third-order valence-electron chi connectivity index (χ3n) is 7.01. The zero-order valence-electron chi connectivity index (χ0n) is 21.0. The van der Waals surface area contributed by atoms with E-state index in [-0.39, 0.29) is 18.2 Å². The molecule has 1 saturated heterocycles. The maximum absolute atomic E-state index is 12.9. The summed E-state index contributed by atoms with van der Waals surface area (Å²) in [5.41, 5.74) is 2.54. The molecule has 7 rings (SSSR count). The molecule has 7 heterocycles. The molecular weight excluding hydrogens is 565 g/mol. The van der Waals surface area contributed by atoms with Crippen LogP contribution >= 0.6 is 45.9 Å². The highest BCUT2D eigenvalue weighted by atomic mass is 35.5. The number of hydrogen-bond donors (Lipinski definition) is 1. The number of halogens is 2. The van der Waals surface area contributed by atoms with Gasteiger partial charge in [0.1, 0.15) is 32.6 Å². The summed E-state index contributed by atoms with van der Waals surface area (Å²) in [4.78, 5) is 37.8. The van der Waals surface area contributed by atoms with Gasteiger partial charge >= 0.3 is 6.03 Å². The first-order chi connectivity index (χ1) is 18.4. The normalized spacial score (nSPS) is 21.2. The third-order valence-corrected chi connectivity index (χ3v) is 9.85. The van der Waals surface area contributed by atoms with Crippen LogP contribution in [0.1, 0.15) is 34.7 Å². The van der Waals surface area contributed by atoms with Crippen LogP contribution in [0, 0.1) is 0 Å². The summed E-state index contributed by atoms with van der Waals surface area (Å²) in [5, 5.41) is 6.46. The number of fused-ring (bicyclic) bond motifs is 6. The van der Waals surface area contributed by atoms with Gasteiger partial charge in [-0.15, -0.1) is 22.7 Å². The van der Waals surface area contributed by atoms with E-state index in [0.717, 1.165) is 46.4 Å². The van der Waals surface area contributed by atoms with Crippen LogP contribution in [0.4, 0.5) is 4.79 Å². The second-order valence-corrected chi connectivity index (χ2v) is 12.6. The molecule has 13 heteroatoms. The van der Waals surface area contributed by atoms with Crippen LogP contribution in [0.2, 0.25) is 10.3 Å². The minimum atomic E-state index is 0.0801. The molecule has 0 saturated carbocycles. The number of carbonyl (C=O) groups is 1. The molecule has 1 fully saturated rings. The predicted molar refractivity (Wildman–Crippen MR) is 151 cm³/mol. The molecule has 3 aliphatic rings. The zero-order valence-corrected chi connectivity index (χ0v) is 24.2. The first kappa shape index (κ1) is 26.1. The molecule has 0 aromatic carbocycles. The molecule has 2 atom stereocenters. The van der Waals surface area contributed by atoms with Crippen molar-refractivity contribution in [2.45, 2.75) is 52.0 Å². The number of aromatic nitrogens is 4. The first-order valence-corrected chi connectivity index (χ1v) is 15.0. The van der Waals surface area contributed by atoms with Gasteiger partial charge in [0, 0.05) is 35.9 Å². The van der Waals surface area contributed by atoms with E-state index in [2.05, 4.69) is 25.3 Å². The second-order valence-electron chi connectivity index (χ2n) is 9.74. The highest BCUT2D eigenvalue weighted by Gasteiger charge is 2.32. The van der Waals surface area contributed by atoms with Gasteiger partial charge in [0.05, 0.1) is 29.5 Å². The van der Waals surface area contributed by atoms with Crippen LogP contribution < -0.4 is 5.32 Å². The van der Waals surface area contributed by atoms with E-state index in [1.807, 2.05) is 23.6 Å². The standard InChI is InChI=1S/C16H19ClN4O2S.C9H8ClN3S/c1-9-5-21(6-10(2)23-9)16(22)20-4-3-11-12(7-20)24-15-13(11)14(17)18-8-19-15;10-8-7-5-1-2-11-3-6(5)14-9(7)13-4-12-8/h8-10H,3-7H2,1-2H3;4,11H,1-3H2/t9-,10+;. The average Bonchev–Trinajstić information content (AvgIpc) is 3.47. The zero-order chi connectivity index (χ0) is 26.4. The number of nitrogens with one attached hydrogen (secondary N) is 1. The van der Waals surface area contributed by atoms with Crippen LogP contribution in [0.25, 0.3) is 20.4 Å². The fourth-order valence-electron chi connectivity index (χ4n) is 5.41. The number of morpholine rings is 1. The minimum absolute atomic E-state index is 0.0801. The predicted octanol–water partition coefficient (Wildman–Crippen LogP) is 4.92. The Labute approximate surface area is 238 Å². The van der Waals surface area contributed by atoms with Crippen LogP contribution in [-0.2, 0) is 30.7 Å². The molecule has 4 aromatic heterocycles. The molecule has 200 valence electrons. The molecule has 4 aromatic rings. The fourth-order valence-corrected chi connectivity index (χ4v) is 8.37. The van der Waals surface area contributed by atoms with Crippen molar-refractivity contribution in [1.29, 1.82) is 0 Å². The van der Waals surface area contributed by atoms with Crippen molar-refractivity contribution in [3.05, 3.63) is 43.8 Å². The van der Waals surface area contributed by atoms with E-state index < -0.39 is 0 Å².